The molecule has 1 aromatic heterocycles. The van der Waals surface area contributed by atoms with Crippen LogP contribution in [-0.4, -0.2) is 43.4 Å². The number of nitrogens with zero attached hydrogens (tertiary/aromatic N) is 3. The summed E-state index contributed by atoms with van der Waals surface area (Å²) in [5.74, 6) is -0.169. The number of para-hydroxylation sites is 2. The lowest BCUT2D eigenvalue weighted by atomic mass is 10.2. The monoisotopic (exact) mass is 448 g/mol. The number of nitrogens with one attached hydrogen (secondary N) is 1. The second-order valence-corrected chi connectivity index (χ2v) is 9.88. The number of ether oxygens (including phenoxy) is 1. The molecule has 1 aliphatic rings. The highest BCUT2D eigenvalue weighted by molar-refractivity contribution is 8.00. The predicted octanol–water partition coefficient (Wildman–Crippen LogP) is 2.86. The minimum Gasteiger partial charge on any atom is -0.476 e. The van der Waals surface area contributed by atoms with Crippen LogP contribution in [0.5, 0.6) is 5.75 Å². The zero-order chi connectivity index (χ0) is 20.4. The van der Waals surface area contributed by atoms with Crippen molar-refractivity contribution >= 4 is 49.8 Å². The van der Waals surface area contributed by atoms with Gasteiger partial charge in [0.1, 0.15) is 5.75 Å². The first kappa shape index (κ1) is 19.7. The molecule has 0 unspecified atom stereocenters. The Bertz CT molecular complexity index is 1130. The van der Waals surface area contributed by atoms with Gasteiger partial charge in [-0.05, 0) is 30.5 Å². The van der Waals surface area contributed by atoms with Crippen LogP contribution in [0.3, 0.4) is 0 Å². The molecule has 0 bridgehead atoms. The summed E-state index contributed by atoms with van der Waals surface area (Å²) in [5.41, 5.74) is 0.390. The average molecular weight is 449 g/mol. The highest BCUT2D eigenvalue weighted by atomic mass is 32.2. The van der Waals surface area contributed by atoms with E-state index in [1.807, 2.05) is 6.26 Å². The number of hydrogen-bond donors (Lipinski definition) is 1. The van der Waals surface area contributed by atoms with Gasteiger partial charge in [-0.15, -0.1) is 10.2 Å². The lowest BCUT2D eigenvalue weighted by molar-refractivity contribution is -0.122. The van der Waals surface area contributed by atoms with Gasteiger partial charge in [-0.25, -0.2) is 8.42 Å². The molecule has 3 aromatic rings. The number of hydrogen-bond acceptors (Lipinski definition) is 8. The van der Waals surface area contributed by atoms with Crippen LogP contribution in [0, 0.1) is 0 Å². The molecule has 29 heavy (non-hydrogen) atoms. The fourth-order valence-electron chi connectivity index (χ4n) is 2.81. The lowest BCUT2D eigenvalue weighted by Crippen LogP contribution is -2.48. The van der Waals surface area contributed by atoms with Crippen LogP contribution in [0.2, 0.25) is 0 Å². The average Bonchev–Trinajstić information content (AvgIpc) is 3.21. The van der Waals surface area contributed by atoms with Gasteiger partial charge >= 0.3 is 0 Å². The van der Waals surface area contributed by atoms with Crippen molar-refractivity contribution in [1.82, 2.24) is 10.2 Å². The first-order valence-corrected chi connectivity index (χ1v) is 12.0. The van der Waals surface area contributed by atoms with Crippen LogP contribution in [0.25, 0.3) is 0 Å². The Morgan fingerprint density at radius 1 is 1.17 bits per heavy atom. The minimum absolute atomic E-state index is 0.143. The molecule has 1 atom stereocenters. The van der Waals surface area contributed by atoms with E-state index in [-0.39, 0.29) is 11.4 Å². The maximum atomic E-state index is 13.2. The van der Waals surface area contributed by atoms with Gasteiger partial charge < -0.3 is 4.74 Å². The van der Waals surface area contributed by atoms with Crippen LogP contribution in [-0.2, 0) is 14.8 Å². The Morgan fingerprint density at radius 3 is 2.62 bits per heavy atom. The van der Waals surface area contributed by atoms with E-state index in [4.69, 9.17) is 4.74 Å². The van der Waals surface area contributed by atoms with Crippen LogP contribution < -0.4 is 14.4 Å². The normalized spacial score (nSPS) is 16.0. The second kappa shape index (κ2) is 8.01. The van der Waals surface area contributed by atoms with Crippen molar-refractivity contribution in [2.75, 3.05) is 22.4 Å². The molecule has 8 nitrogen and oxygen atoms in total. The van der Waals surface area contributed by atoms with Crippen LogP contribution in [0.15, 0.2) is 63.8 Å². The Morgan fingerprint density at radius 2 is 1.90 bits per heavy atom. The molecule has 2 aromatic carbocycles. The minimum atomic E-state index is -3.87. The van der Waals surface area contributed by atoms with Crippen molar-refractivity contribution in [2.24, 2.45) is 0 Å². The number of sulfonamides is 1. The maximum Gasteiger partial charge on any atom is 0.269 e. The third kappa shape index (κ3) is 3.93. The predicted molar refractivity (Wildman–Crippen MR) is 112 cm³/mol. The highest BCUT2D eigenvalue weighted by Crippen LogP contribution is 2.37. The van der Waals surface area contributed by atoms with E-state index in [0.29, 0.717) is 20.9 Å². The summed E-state index contributed by atoms with van der Waals surface area (Å²) in [4.78, 5) is 12.9. The van der Waals surface area contributed by atoms with Crippen LogP contribution >= 0.6 is 23.1 Å². The number of carbonyl (C=O) groups excluding carboxylic acids is 1. The molecule has 2 heterocycles. The van der Waals surface area contributed by atoms with Gasteiger partial charge in [0.05, 0.1) is 17.1 Å². The van der Waals surface area contributed by atoms with Crippen molar-refractivity contribution < 1.29 is 17.9 Å². The molecule has 0 saturated carbocycles. The Kier molecular flexibility index (Phi) is 5.43. The van der Waals surface area contributed by atoms with Gasteiger partial charge in [0.2, 0.25) is 5.13 Å². The number of aromatic nitrogens is 2. The van der Waals surface area contributed by atoms with Crippen molar-refractivity contribution in [3.63, 3.8) is 0 Å². The van der Waals surface area contributed by atoms with E-state index in [0.717, 1.165) is 0 Å². The number of benzene rings is 2. The molecule has 150 valence electrons. The SMILES string of the molecule is CSc1nnc(NC(=O)[C@H]2CN(S(=O)(=O)c3ccccc3)c3ccccc3O2)s1. The summed E-state index contributed by atoms with van der Waals surface area (Å²) >= 11 is 2.65. The topological polar surface area (TPSA) is 101 Å². The zero-order valence-corrected chi connectivity index (χ0v) is 17.6. The fourth-order valence-corrected chi connectivity index (χ4v) is 5.48. The molecular formula is C18H16N4O4S3. The third-order valence-electron chi connectivity index (χ3n) is 4.17. The number of fused-ring (bicyclic) bond motifs is 1. The Labute approximate surface area is 176 Å². The molecule has 1 N–H and O–H groups in total. The summed E-state index contributed by atoms with van der Waals surface area (Å²) in [7, 11) is -3.87. The summed E-state index contributed by atoms with van der Waals surface area (Å²) in [6.07, 6.45) is 0.824. The highest BCUT2D eigenvalue weighted by Gasteiger charge is 2.37. The van der Waals surface area contributed by atoms with Crippen molar-refractivity contribution in [2.45, 2.75) is 15.3 Å². The number of rotatable bonds is 5. The number of amides is 1. The molecule has 1 amide bonds. The summed E-state index contributed by atoms with van der Waals surface area (Å²) in [6.45, 7) is -0.158. The second-order valence-electron chi connectivity index (χ2n) is 5.99. The van der Waals surface area contributed by atoms with Crippen molar-refractivity contribution in [3.05, 3.63) is 54.6 Å². The van der Waals surface area contributed by atoms with E-state index >= 15 is 0 Å². The first-order valence-electron chi connectivity index (χ1n) is 8.51. The molecule has 0 aliphatic carbocycles. The zero-order valence-electron chi connectivity index (χ0n) is 15.2. The number of carbonyl (C=O) groups is 1. The smallest absolute Gasteiger partial charge is 0.269 e. The van der Waals surface area contributed by atoms with Gasteiger partial charge in [0, 0.05) is 0 Å². The van der Waals surface area contributed by atoms with Gasteiger partial charge in [0.15, 0.2) is 10.4 Å². The van der Waals surface area contributed by atoms with Crippen LogP contribution in [0.1, 0.15) is 0 Å². The first-order chi connectivity index (χ1) is 14.0. The Hall–Kier alpha value is -2.63. The largest absolute Gasteiger partial charge is 0.476 e. The quantitative estimate of drug-likeness (QED) is 0.473. The molecule has 11 heteroatoms. The Balaban J connectivity index is 1.65. The number of anilines is 2. The van der Waals surface area contributed by atoms with E-state index in [1.54, 1.807) is 42.5 Å². The van der Waals surface area contributed by atoms with E-state index < -0.39 is 22.0 Å². The lowest BCUT2D eigenvalue weighted by Gasteiger charge is -2.34. The molecule has 4 rings (SSSR count). The standard InChI is InChI=1S/C18H16N4O4S3/c1-27-18-21-20-17(28-18)19-16(23)15-11-22(13-9-5-6-10-14(13)26-15)29(24,25)12-7-3-2-4-8-12/h2-10,15H,11H2,1H3,(H,19,20,23)/t15-/m1/s1. The molecule has 0 fully saturated rings. The summed E-state index contributed by atoms with van der Waals surface area (Å²) < 4.78 is 34.2. The summed E-state index contributed by atoms with van der Waals surface area (Å²) in [6, 6.07) is 14.8. The maximum absolute atomic E-state index is 13.2. The third-order valence-corrected chi connectivity index (χ3v) is 7.78. The van der Waals surface area contributed by atoms with E-state index in [9.17, 15) is 13.2 Å². The molecular weight excluding hydrogens is 432 g/mol. The van der Waals surface area contributed by atoms with Crippen molar-refractivity contribution in [3.8, 4) is 5.75 Å². The van der Waals surface area contributed by atoms with Crippen LogP contribution in [0.4, 0.5) is 10.8 Å². The number of thioether (sulfide) groups is 1. The molecule has 0 radical (unpaired) electrons. The summed E-state index contributed by atoms with van der Waals surface area (Å²) in [5, 5.41) is 10.8. The molecule has 0 spiro atoms. The van der Waals surface area contributed by atoms with Gasteiger partial charge in [0.25, 0.3) is 15.9 Å². The van der Waals surface area contributed by atoms with Gasteiger partial charge in [-0.1, -0.05) is 53.4 Å². The fraction of sp³-hybridized carbons (Fsp3) is 0.167. The van der Waals surface area contributed by atoms with Gasteiger partial charge in [-0.3, -0.25) is 14.4 Å². The van der Waals surface area contributed by atoms with E-state index in [1.165, 1.54) is 39.5 Å². The molecule has 0 saturated heterocycles. The van der Waals surface area contributed by atoms with E-state index in [2.05, 4.69) is 15.5 Å². The van der Waals surface area contributed by atoms with Crippen molar-refractivity contribution in [1.29, 1.82) is 0 Å². The van der Waals surface area contributed by atoms with Gasteiger partial charge in [-0.2, -0.15) is 0 Å². The molecule has 1 aliphatic heterocycles.